The number of ether oxygens (including phenoxy) is 1. The third-order valence-corrected chi connectivity index (χ3v) is 5.35. The lowest BCUT2D eigenvalue weighted by Gasteiger charge is -2.46. The van der Waals surface area contributed by atoms with E-state index in [-0.39, 0.29) is 0 Å². The summed E-state index contributed by atoms with van der Waals surface area (Å²) in [6.45, 7) is 6.68. The molecule has 1 aliphatic heterocycles. The van der Waals surface area contributed by atoms with E-state index in [0.717, 1.165) is 30.8 Å². The monoisotopic (exact) mass is 282 g/mol. The van der Waals surface area contributed by atoms with Crippen molar-refractivity contribution in [2.24, 2.45) is 17.6 Å². The fourth-order valence-corrected chi connectivity index (χ4v) is 4.40. The molecule has 1 heterocycles. The van der Waals surface area contributed by atoms with Crippen LogP contribution in [-0.2, 0) is 4.74 Å². The lowest BCUT2D eigenvalue weighted by molar-refractivity contribution is -0.0163. The maximum atomic E-state index is 6.04. The van der Waals surface area contributed by atoms with E-state index in [1.165, 1.54) is 45.1 Å². The van der Waals surface area contributed by atoms with Crippen molar-refractivity contribution in [3.05, 3.63) is 0 Å². The van der Waals surface area contributed by atoms with Gasteiger partial charge in [-0.15, -0.1) is 0 Å². The maximum Gasteiger partial charge on any atom is 0.0599 e. The summed E-state index contributed by atoms with van der Waals surface area (Å²) in [5.74, 6) is 1.77. The molecule has 118 valence electrons. The summed E-state index contributed by atoms with van der Waals surface area (Å²) in [5.41, 5.74) is 6.04. The van der Waals surface area contributed by atoms with Crippen molar-refractivity contribution in [1.82, 2.24) is 4.90 Å². The Labute approximate surface area is 125 Å². The Bertz CT molecular complexity index is 282. The van der Waals surface area contributed by atoms with Gasteiger partial charge in [-0.1, -0.05) is 26.7 Å². The summed E-state index contributed by atoms with van der Waals surface area (Å²) in [4.78, 5) is 2.72. The zero-order valence-corrected chi connectivity index (χ0v) is 13.7. The number of methoxy groups -OCH3 is 1. The molecule has 3 heteroatoms. The minimum absolute atomic E-state index is 0.426. The highest BCUT2D eigenvalue weighted by atomic mass is 16.5. The second-order valence-electron chi connectivity index (χ2n) is 7.33. The molecule has 2 rings (SSSR count). The Hall–Kier alpha value is -0.120. The Balaban J connectivity index is 1.92. The molecule has 0 aromatic rings. The summed E-state index contributed by atoms with van der Waals surface area (Å²) in [7, 11) is 1.84. The predicted octanol–water partition coefficient (Wildman–Crippen LogP) is 3.03. The molecule has 1 saturated heterocycles. The molecular formula is C17H34N2O. The molecule has 0 amide bonds. The highest BCUT2D eigenvalue weighted by Crippen LogP contribution is 2.34. The summed E-state index contributed by atoms with van der Waals surface area (Å²) in [5, 5.41) is 0. The van der Waals surface area contributed by atoms with Crippen LogP contribution in [0.25, 0.3) is 0 Å². The number of piperidine rings is 1. The average molecular weight is 282 g/mol. The molecule has 4 unspecified atom stereocenters. The van der Waals surface area contributed by atoms with E-state index in [2.05, 4.69) is 18.7 Å². The largest absolute Gasteiger partial charge is 0.381 e. The van der Waals surface area contributed by atoms with Crippen LogP contribution in [0.4, 0.5) is 0 Å². The fraction of sp³-hybridized carbons (Fsp3) is 1.00. The Morgan fingerprint density at radius 2 is 2.00 bits per heavy atom. The van der Waals surface area contributed by atoms with Gasteiger partial charge in [0.15, 0.2) is 0 Å². The summed E-state index contributed by atoms with van der Waals surface area (Å²) in [6, 6.07) is 1.32. The third-order valence-electron chi connectivity index (χ3n) is 5.35. The highest BCUT2D eigenvalue weighted by molar-refractivity contribution is 4.90. The molecule has 0 aromatic carbocycles. The van der Waals surface area contributed by atoms with Gasteiger partial charge in [0, 0.05) is 32.3 Å². The molecule has 1 saturated carbocycles. The van der Waals surface area contributed by atoms with Gasteiger partial charge < -0.3 is 10.5 Å². The van der Waals surface area contributed by atoms with Crippen LogP contribution in [0.3, 0.4) is 0 Å². The first-order valence-electron chi connectivity index (χ1n) is 8.62. The van der Waals surface area contributed by atoms with Crippen molar-refractivity contribution in [2.75, 3.05) is 20.2 Å². The topological polar surface area (TPSA) is 38.5 Å². The summed E-state index contributed by atoms with van der Waals surface area (Å²) < 4.78 is 5.55. The number of rotatable bonds is 5. The van der Waals surface area contributed by atoms with Crippen molar-refractivity contribution in [3.8, 4) is 0 Å². The van der Waals surface area contributed by atoms with Crippen molar-refractivity contribution >= 4 is 0 Å². The molecule has 1 aliphatic carbocycles. The lowest BCUT2D eigenvalue weighted by atomic mass is 9.79. The zero-order chi connectivity index (χ0) is 14.5. The molecule has 3 nitrogen and oxygen atoms in total. The maximum absolute atomic E-state index is 6.04. The lowest BCUT2D eigenvalue weighted by Crippen LogP contribution is -2.54. The Morgan fingerprint density at radius 1 is 1.20 bits per heavy atom. The molecule has 2 fully saturated rings. The molecule has 0 aromatic heterocycles. The van der Waals surface area contributed by atoms with E-state index >= 15 is 0 Å². The van der Waals surface area contributed by atoms with Crippen LogP contribution in [0.5, 0.6) is 0 Å². The first kappa shape index (κ1) is 16.3. The number of hydrogen-bond acceptors (Lipinski definition) is 3. The van der Waals surface area contributed by atoms with E-state index < -0.39 is 0 Å². The third kappa shape index (κ3) is 4.19. The molecule has 2 N–H and O–H groups in total. The standard InChI is InChI=1S/C17H34N2O/c1-13(2)9-14-5-4-6-15(10-14)19-8-7-17(20-3)11-16(19)12-18/h13-17H,4-12,18H2,1-3H3. The highest BCUT2D eigenvalue weighted by Gasteiger charge is 2.34. The van der Waals surface area contributed by atoms with Crippen LogP contribution >= 0.6 is 0 Å². The molecule has 20 heavy (non-hydrogen) atoms. The number of nitrogens with two attached hydrogens (primary N) is 1. The van der Waals surface area contributed by atoms with Crippen LogP contribution < -0.4 is 5.73 Å². The molecular weight excluding hydrogens is 248 g/mol. The number of hydrogen-bond donors (Lipinski definition) is 1. The first-order valence-corrected chi connectivity index (χ1v) is 8.62. The van der Waals surface area contributed by atoms with E-state index in [1.807, 2.05) is 7.11 Å². The van der Waals surface area contributed by atoms with Gasteiger partial charge >= 0.3 is 0 Å². The molecule has 4 atom stereocenters. The Kier molecular flexibility index (Phi) is 6.31. The Morgan fingerprint density at radius 3 is 2.65 bits per heavy atom. The van der Waals surface area contributed by atoms with Gasteiger partial charge in [0.25, 0.3) is 0 Å². The summed E-state index contributed by atoms with van der Waals surface area (Å²) >= 11 is 0. The van der Waals surface area contributed by atoms with Crippen LogP contribution in [0.15, 0.2) is 0 Å². The SMILES string of the molecule is COC1CCN(C2CCCC(CC(C)C)C2)C(CN)C1. The van der Waals surface area contributed by atoms with E-state index in [0.29, 0.717) is 12.1 Å². The zero-order valence-electron chi connectivity index (χ0n) is 13.7. The van der Waals surface area contributed by atoms with Gasteiger partial charge in [0.2, 0.25) is 0 Å². The van der Waals surface area contributed by atoms with Gasteiger partial charge in [-0.25, -0.2) is 0 Å². The van der Waals surface area contributed by atoms with E-state index in [1.54, 1.807) is 0 Å². The smallest absolute Gasteiger partial charge is 0.0599 e. The van der Waals surface area contributed by atoms with Gasteiger partial charge in [0.05, 0.1) is 6.10 Å². The van der Waals surface area contributed by atoms with E-state index in [4.69, 9.17) is 10.5 Å². The minimum atomic E-state index is 0.426. The van der Waals surface area contributed by atoms with Gasteiger partial charge in [0.1, 0.15) is 0 Å². The van der Waals surface area contributed by atoms with Crippen LogP contribution in [0.2, 0.25) is 0 Å². The van der Waals surface area contributed by atoms with Crippen LogP contribution in [0, 0.1) is 11.8 Å². The molecule has 2 aliphatic rings. The fourth-order valence-electron chi connectivity index (χ4n) is 4.40. The van der Waals surface area contributed by atoms with E-state index in [9.17, 15) is 0 Å². The van der Waals surface area contributed by atoms with Gasteiger partial charge in [-0.2, -0.15) is 0 Å². The summed E-state index contributed by atoms with van der Waals surface area (Å²) in [6.07, 6.45) is 9.75. The predicted molar refractivity (Wildman–Crippen MR) is 84.8 cm³/mol. The van der Waals surface area contributed by atoms with Gasteiger partial charge in [-0.3, -0.25) is 4.90 Å². The van der Waals surface area contributed by atoms with Gasteiger partial charge in [-0.05, 0) is 43.9 Å². The molecule has 0 bridgehead atoms. The molecule has 0 spiro atoms. The molecule has 0 radical (unpaired) electrons. The van der Waals surface area contributed by atoms with Crippen molar-refractivity contribution < 1.29 is 4.74 Å². The minimum Gasteiger partial charge on any atom is -0.381 e. The number of nitrogens with zero attached hydrogens (tertiary/aromatic N) is 1. The second kappa shape index (κ2) is 7.77. The van der Waals surface area contributed by atoms with Crippen molar-refractivity contribution in [3.63, 3.8) is 0 Å². The average Bonchev–Trinajstić information content (AvgIpc) is 2.46. The van der Waals surface area contributed by atoms with Crippen molar-refractivity contribution in [1.29, 1.82) is 0 Å². The van der Waals surface area contributed by atoms with Crippen LogP contribution in [0.1, 0.15) is 58.8 Å². The normalized spacial score (nSPS) is 36.5. The van der Waals surface area contributed by atoms with Crippen LogP contribution in [-0.4, -0.2) is 43.3 Å². The number of likely N-dealkylation sites (tertiary alicyclic amines) is 1. The second-order valence-corrected chi connectivity index (χ2v) is 7.33. The first-order chi connectivity index (χ1) is 9.63. The van der Waals surface area contributed by atoms with Crippen molar-refractivity contribution in [2.45, 2.75) is 77.0 Å². The quantitative estimate of drug-likeness (QED) is 0.842.